The van der Waals surface area contributed by atoms with Gasteiger partial charge < -0.3 is 28.8 Å². The van der Waals surface area contributed by atoms with E-state index in [0.29, 0.717) is 17.4 Å². The Morgan fingerprint density at radius 2 is 0.897 bits per heavy atom. The Bertz CT molecular complexity index is 1470. The van der Waals surface area contributed by atoms with Crippen LogP contribution >= 0.6 is 7.82 Å². The van der Waals surface area contributed by atoms with Gasteiger partial charge in [0.1, 0.15) is 13.2 Å². The van der Waals surface area contributed by atoms with E-state index in [1.165, 1.54) is 83.5 Å². The van der Waals surface area contributed by atoms with Gasteiger partial charge in [0.25, 0.3) is 7.82 Å². The molecule has 0 rings (SSSR count). The molecular weight excluding hydrogens is 864 g/mol. The number of hydrogen-bond donors (Lipinski definition) is 2. The summed E-state index contributed by atoms with van der Waals surface area (Å²) in [6, 6.07) is -0.908. The molecule has 0 aliphatic heterocycles. The van der Waals surface area contributed by atoms with Gasteiger partial charge in [0.15, 0.2) is 0 Å². The zero-order valence-electron chi connectivity index (χ0n) is 44.3. The van der Waals surface area contributed by atoms with Gasteiger partial charge in [-0.1, -0.05) is 226 Å². The predicted molar refractivity (Wildman–Crippen MR) is 292 cm³/mol. The van der Waals surface area contributed by atoms with Crippen LogP contribution in [0.3, 0.4) is 0 Å². The van der Waals surface area contributed by atoms with Crippen molar-refractivity contribution in [1.29, 1.82) is 0 Å². The zero-order valence-corrected chi connectivity index (χ0v) is 45.2. The van der Waals surface area contributed by atoms with Crippen molar-refractivity contribution in [3.05, 3.63) is 109 Å². The monoisotopic (exact) mass is 967 g/mol. The molecule has 0 aromatic carbocycles. The number of nitrogens with zero attached hydrogens (tertiary/aromatic N) is 1. The lowest BCUT2D eigenvalue weighted by Gasteiger charge is -2.29. The zero-order chi connectivity index (χ0) is 49.9. The number of phosphoric acid groups is 1. The summed E-state index contributed by atoms with van der Waals surface area (Å²) in [7, 11) is 1.23. The number of carbonyl (C=O) groups excluding carboxylic acids is 1. The topological polar surface area (TPSA) is 108 Å². The Morgan fingerprint density at radius 3 is 1.31 bits per heavy atom. The molecule has 1 amide bonds. The van der Waals surface area contributed by atoms with Crippen molar-refractivity contribution in [3.63, 3.8) is 0 Å². The quantitative estimate of drug-likeness (QED) is 0.0272. The van der Waals surface area contributed by atoms with Gasteiger partial charge in [-0.15, -0.1) is 0 Å². The number of aliphatic hydroxyl groups excluding tert-OH is 1. The molecule has 390 valence electrons. The molecule has 0 saturated carbocycles. The van der Waals surface area contributed by atoms with Crippen LogP contribution in [0.15, 0.2) is 109 Å². The van der Waals surface area contributed by atoms with Crippen LogP contribution in [0.5, 0.6) is 0 Å². The molecule has 0 aliphatic carbocycles. The van der Waals surface area contributed by atoms with Crippen LogP contribution in [0.25, 0.3) is 0 Å². The predicted octanol–water partition coefficient (Wildman–Crippen LogP) is 15.8. The summed E-state index contributed by atoms with van der Waals surface area (Å²) in [5.74, 6) is -0.226. The number of carbonyl (C=O) groups is 1. The number of phosphoric ester groups is 1. The van der Waals surface area contributed by atoms with E-state index in [0.717, 1.165) is 103 Å². The van der Waals surface area contributed by atoms with E-state index in [1.807, 2.05) is 27.2 Å². The lowest BCUT2D eigenvalue weighted by molar-refractivity contribution is -0.870. The van der Waals surface area contributed by atoms with Crippen molar-refractivity contribution < 1.29 is 32.9 Å². The minimum absolute atomic E-state index is 0.0123. The second-order valence-corrected chi connectivity index (χ2v) is 20.6. The Hall–Kier alpha value is -2.84. The number of hydrogen-bond acceptors (Lipinski definition) is 6. The molecule has 3 atom stereocenters. The molecule has 8 nitrogen and oxygen atoms in total. The summed E-state index contributed by atoms with van der Waals surface area (Å²) >= 11 is 0. The van der Waals surface area contributed by atoms with E-state index in [2.05, 4.69) is 116 Å². The van der Waals surface area contributed by atoms with Crippen molar-refractivity contribution in [2.24, 2.45) is 0 Å². The summed E-state index contributed by atoms with van der Waals surface area (Å²) in [5.41, 5.74) is 0. The van der Waals surface area contributed by atoms with Crippen molar-refractivity contribution in [3.8, 4) is 0 Å². The van der Waals surface area contributed by atoms with Crippen LogP contribution in [-0.4, -0.2) is 68.5 Å². The lowest BCUT2D eigenvalue weighted by atomic mass is 10.0. The molecule has 0 aliphatic rings. The maximum Gasteiger partial charge on any atom is 0.268 e. The maximum absolute atomic E-state index is 12.9. The highest BCUT2D eigenvalue weighted by molar-refractivity contribution is 7.45. The van der Waals surface area contributed by atoms with E-state index in [1.54, 1.807) is 6.08 Å². The normalized spacial score (nSPS) is 14.9. The molecule has 0 heterocycles. The highest BCUT2D eigenvalue weighted by atomic mass is 31.2. The van der Waals surface area contributed by atoms with E-state index >= 15 is 0 Å². The number of likely N-dealkylation sites (N-methyl/N-ethyl adjacent to an activating group) is 1. The third-order valence-corrected chi connectivity index (χ3v) is 12.5. The van der Waals surface area contributed by atoms with Gasteiger partial charge >= 0.3 is 0 Å². The van der Waals surface area contributed by atoms with Gasteiger partial charge in [-0.25, -0.2) is 0 Å². The molecule has 0 bridgehead atoms. The van der Waals surface area contributed by atoms with E-state index in [-0.39, 0.29) is 12.5 Å². The second-order valence-electron chi connectivity index (χ2n) is 19.2. The first kappa shape index (κ1) is 65.2. The average Bonchev–Trinajstić information content (AvgIpc) is 3.30. The molecule has 0 fully saturated rings. The molecule has 0 radical (unpaired) electrons. The standard InChI is InChI=1S/C59H103N2O6P/c1-6-8-10-12-14-16-18-20-22-24-25-26-27-28-29-30-31-32-33-34-35-37-39-41-43-45-47-49-51-53-59(63)60-57(56-67-68(64,65)66-55-54-61(3,4)5)58(62)52-50-48-46-44-42-40-38-36-23-21-19-17-15-13-11-9-7-2/h8,10,14,16,20,22,25-26,28-29,31-32,34-35,39,41,50,52,57-58,62H,6-7,9,11-13,15,17-19,21,23-24,27,30,33,36-38,40,42-49,51,53-56H2,1-5H3,(H-,60,63,64,65)/b10-8-,16-14-,22-20-,26-25-,29-28-,32-31-,35-34-,41-39-,52-50+. The molecule has 2 N–H and O–H groups in total. The van der Waals surface area contributed by atoms with Crippen LogP contribution in [0.2, 0.25) is 0 Å². The van der Waals surface area contributed by atoms with Crippen molar-refractivity contribution in [1.82, 2.24) is 5.32 Å². The van der Waals surface area contributed by atoms with Gasteiger partial charge in [0, 0.05) is 6.42 Å². The van der Waals surface area contributed by atoms with Gasteiger partial charge in [-0.05, 0) is 83.5 Å². The highest BCUT2D eigenvalue weighted by Crippen LogP contribution is 2.38. The molecule has 68 heavy (non-hydrogen) atoms. The fraction of sp³-hybridized carbons (Fsp3) is 0.678. The number of nitrogens with one attached hydrogen (secondary N) is 1. The third-order valence-electron chi connectivity index (χ3n) is 11.5. The average molecular weight is 967 g/mol. The van der Waals surface area contributed by atoms with Gasteiger partial charge in [0.05, 0.1) is 39.9 Å². The molecule has 0 saturated heterocycles. The fourth-order valence-corrected chi connectivity index (χ4v) is 7.95. The Labute approximate surface area is 419 Å². The summed E-state index contributed by atoms with van der Waals surface area (Å²) in [6.07, 6.45) is 71.5. The van der Waals surface area contributed by atoms with Gasteiger partial charge in [0.2, 0.25) is 5.91 Å². The Kier molecular flexibility index (Phi) is 47.1. The van der Waals surface area contributed by atoms with Gasteiger partial charge in [-0.2, -0.15) is 0 Å². The fourth-order valence-electron chi connectivity index (χ4n) is 7.23. The summed E-state index contributed by atoms with van der Waals surface area (Å²) < 4.78 is 23.3. The first-order valence-electron chi connectivity index (χ1n) is 27.2. The summed E-state index contributed by atoms with van der Waals surface area (Å²) in [4.78, 5) is 25.5. The SMILES string of the molecule is CC/C=C\C/C=C\C/C=C\C/C=C\C/C=C\C/C=C\C/C=C\C/C=C\CCCCCCC(=O)NC(COP(=O)([O-])OCC[N+](C)(C)C)C(O)/C=C/CCCCCCCCCCCCCCCCC. The minimum atomic E-state index is -4.61. The number of allylic oxidation sites excluding steroid dienone is 17. The maximum atomic E-state index is 12.9. The number of aliphatic hydroxyl groups is 1. The van der Waals surface area contributed by atoms with Crippen molar-refractivity contribution >= 4 is 13.7 Å². The number of unbranched alkanes of at least 4 members (excludes halogenated alkanes) is 19. The van der Waals surface area contributed by atoms with Crippen LogP contribution in [0.1, 0.15) is 206 Å². The molecule has 9 heteroatoms. The van der Waals surface area contributed by atoms with Gasteiger partial charge in [-0.3, -0.25) is 9.36 Å². The molecule has 0 aromatic heterocycles. The Balaban J connectivity index is 4.35. The molecule has 0 spiro atoms. The van der Waals surface area contributed by atoms with Crippen LogP contribution in [0, 0.1) is 0 Å². The van der Waals surface area contributed by atoms with Crippen LogP contribution < -0.4 is 10.2 Å². The van der Waals surface area contributed by atoms with Crippen LogP contribution in [-0.2, 0) is 18.4 Å². The first-order chi connectivity index (χ1) is 33.0. The van der Waals surface area contributed by atoms with Crippen LogP contribution in [0.4, 0.5) is 0 Å². The smallest absolute Gasteiger partial charge is 0.268 e. The van der Waals surface area contributed by atoms with E-state index in [4.69, 9.17) is 9.05 Å². The third kappa shape index (κ3) is 51.0. The second kappa shape index (κ2) is 49.2. The summed E-state index contributed by atoms with van der Waals surface area (Å²) in [6.45, 7) is 4.50. The van der Waals surface area contributed by atoms with E-state index in [9.17, 15) is 19.4 Å². The number of amides is 1. The molecule has 3 unspecified atom stereocenters. The molecular formula is C59H103N2O6P. The lowest BCUT2D eigenvalue weighted by Crippen LogP contribution is -2.45. The van der Waals surface area contributed by atoms with Crippen molar-refractivity contribution in [2.45, 2.75) is 219 Å². The highest BCUT2D eigenvalue weighted by Gasteiger charge is 2.23. The number of quaternary nitrogens is 1. The Morgan fingerprint density at radius 1 is 0.529 bits per heavy atom. The summed E-state index contributed by atoms with van der Waals surface area (Å²) in [5, 5.41) is 13.8. The van der Waals surface area contributed by atoms with Crippen molar-refractivity contribution in [2.75, 3.05) is 40.9 Å². The minimum Gasteiger partial charge on any atom is -0.756 e. The molecule has 0 aromatic rings. The van der Waals surface area contributed by atoms with E-state index < -0.39 is 26.6 Å². The first-order valence-corrected chi connectivity index (χ1v) is 28.7. The number of rotatable bonds is 48. The largest absolute Gasteiger partial charge is 0.756 e.